The van der Waals surface area contributed by atoms with Crippen molar-refractivity contribution in [2.75, 3.05) is 16.8 Å². The van der Waals surface area contributed by atoms with Crippen LogP contribution in [-0.2, 0) is 0 Å². The van der Waals surface area contributed by atoms with Crippen molar-refractivity contribution in [2.24, 2.45) is 0 Å². The maximum absolute atomic E-state index is 10.7. The van der Waals surface area contributed by atoms with Gasteiger partial charge in [-0.1, -0.05) is 0 Å². The van der Waals surface area contributed by atoms with Gasteiger partial charge in [0.05, 0.1) is 5.56 Å². The third-order valence-corrected chi connectivity index (χ3v) is 3.77. The first-order valence-corrected chi connectivity index (χ1v) is 6.59. The van der Waals surface area contributed by atoms with E-state index in [9.17, 15) is 4.79 Å². The summed E-state index contributed by atoms with van der Waals surface area (Å²) >= 11 is 2.00. The first-order chi connectivity index (χ1) is 7.75. The average molecular weight is 237 g/mol. The molecule has 4 heteroatoms. The van der Waals surface area contributed by atoms with E-state index in [2.05, 4.69) is 5.32 Å². The summed E-state index contributed by atoms with van der Waals surface area (Å²) in [6.07, 6.45) is 2.37. The molecule has 1 fully saturated rings. The Morgan fingerprint density at radius 2 is 1.88 bits per heavy atom. The molecule has 2 N–H and O–H groups in total. The van der Waals surface area contributed by atoms with Crippen molar-refractivity contribution >= 4 is 23.4 Å². The molecule has 1 aliphatic heterocycles. The molecular formula is C12H15NO2S. The Morgan fingerprint density at radius 3 is 2.44 bits per heavy atom. The molecule has 1 saturated heterocycles. The van der Waals surface area contributed by atoms with Crippen molar-refractivity contribution in [3.63, 3.8) is 0 Å². The fourth-order valence-electron chi connectivity index (χ4n) is 1.79. The van der Waals surface area contributed by atoms with Crippen LogP contribution in [0.4, 0.5) is 5.69 Å². The molecule has 0 amide bonds. The summed E-state index contributed by atoms with van der Waals surface area (Å²) in [5.74, 6) is 1.55. The standard InChI is InChI=1S/C12H15NO2S/c14-12(15)9-1-3-10(4-2-9)13-11-5-7-16-8-6-11/h1-4,11,13H,5-8H2,(H,14,15). The van der Waals surface area contributed by atoms with Gasteiger partial charge in [-0.15, -0.1) is 0 Å². The first-order valence-electron chi connectivity index (χ1n) is 5.43. The van der Waals surface area contributed by atoms with Crippen molar-refractivity contribution in [1.82, 2.24) is 0 Å². The minimum Gasteiger partial charge on any atom is -0.478 e. The SMILES string of the molecule is O=C(O)c1ccc(NC2CCSCC2)cc1. The zero-order valence-electron chi connectivity index (χ0n) is 8.98. The number of benzene rings is 1. The Balaban J connectivity index is 1.96. The van der Waals surface area contributed by atoms with E-state index in [1.54, 1.807) is 12.1 Å². The lowest BCUT2D eigenvalue weighted by Crippen LogP contribution is -2.24. The molecule has 1 aliphatic rings. The quantitative estimate of drug-likeness (QED) is 0.848. The topological polar surface area (TPSA) is 49.3 Å². The lowest BCUT2D eigenvalue weighted by Gasteiger charge is -2.23. The second-order valence-corrected chi connectivity index (χ2v) is 5.14. The maximum atomic E-state index is 10.7. The number of anilines is 1. The number of thioether (sulfide) groups is 1. The number of rotatable bonds is 3. The van der Waals surface area contributed by atoms with Crippen LogP contribution in [0.2, 0.25) is 0 Å². The summed E-state index contributed by atoms with van der Waals surface area (Å²) in [5, 5.41) is 12.2. The number of carboxylic acid groups (broad SMARTS) is 1. The number of carboxylic acids is 1. The highest BCUT2D eigenvalue weighted by atomic mass is 32.2. The number of hydrogen-bond acceptors (Lipinski definition) is 3. The molecule has 0 radical (unpaired) electrons. The van der Waals surface area contributed by atoms with Gasteiger partial charge in [0.25, 0.3) is 0 Å². The van der Waals surface area contributed by atoms with Crippen molar-refractivity contribution in [3.8, 4) is 0 Å². The van der Waals surface area contributed by atoms with Crippen molar-refractivity contribution < 1.29 is 9.90 Å². The van der Waals surface area contributed by atoms with Crippen LogP contribution in [0.25, 0.3) is 0 Å². The Kier molecular flexibility index (Phi) is 3.72. The van der Waals surface area contributed by atoms with Gasteiger partial charge in [-0.2, -0.15) is 11.8 Å². The van der Waals surface area contributed by atoms with Gasteiger partial charge in [0, 0.05) is 11.7 Å². The van der Waals surface area contributed by atoms with E-state index in [0.717, 1.165) is 5.69 Å². The van der Waals surface area contributed by atoms with Crippen LogP contribution >= 0.6 is 11.8 Å². The largest absolute Gasteiger partial charge is 0.478 e. The molecule has 16 heavy (non-hydrogen) atoms. The van der Waals surface area contributed by atoms with Crippen LogP contribution in [0.15, 0.2) is 24.3 Å². The Morgan fingerprint density at radius 1 is 1.25 bits per heavy atom. The predicted octanol–water partition coefficient (Wildman–Crippen LogP) is 2.69. The van der Waals surface area contributed by atoms with Gasteiger partial charge in [-0.05, 0) is 48.6 Å². The minimum atomic E-state index is -0.874. The monoisotopic (exact) mass is 237 g/mol. The molecule has 0 saturated carbocycles. The summed E-state index contributed by atoms with van der Waals surface area (Å²) in [7, 11) is 0. The van der Waals surface area contributed by atoms with Gasteiger partial charge in [-0.25, -0.2) is 4.79 Å². The lowest BCUT2D eigenvalue weighted by molar-refractivity contribution is 0.0697. The summed E-state index contributed by atoms with van der Waals surface area (Å²) in [5.41, 5.74) is 1.35. The number of carbonyl (C=O) groups is 1. The Hall–Kier alpha value is -1.16. The summed E-state index contributed by atoms with van der Waals surface area (Å²) in [4.78, 5) is 10.7. The second-order valence-electron chi connectivity index (χ2n) is 3.91. The van der Waals surface area contributed by atoms with Crippen molar-refractivity contribution in [2.45, 2.75) is 18.9 Å². The molecule has 0 bridgehead atoms. The van der Waals surface area contributed by atoms with Gasteiger partial charge in [0.15, 0.2) is 0 Å². The molecule has 86 valence electrons. The molecule has 0 aliphatic carbocycles. The smallest absolute Gasteiger partial charge is 0.335 e. The molecule has 1 aromatic rings. The molecular weight excluding hydrogens is 222 g/mol. The van der Waals surface area contributed by atoms with E-state index in [-0.39, 0.29) is 0 Å². The molecule has 3 nitrogen and oxygen atoms in total. The third-order valence-electron chi connectivity index (χ3n) is 2.72. The van der Waals surface area contributed by atoms with Crippen LogP contribution in [0, 0.1) is 0 Å². The van der Waals surface area contributed by atoms with Crippen molar-refractivity contribution in [3.05, 3.63) is 29.8 Å². The number of hydrogen-bond donors (Lipinski definition) is 2. The van der Waals surface area contributed by atoms with Gasteiger partial charge in [-0.3, -0.25) is 0 Å². The fourth-order valence-corrected chi connectivity index (χ4v) is 2.89. The number of nitrogens with one attached hydrogen (secondary N) is 1. The van der Waals surface area contributed by atoms with Crippen LogP contribution in [0.5, 0.6) is 0 Å². The third kappa shape index (κ3) is 2.92. The Labute approximate surface area is 99.2 Å². The van der Waals surface area contributed by atoms with Gasteiger partial charge in [0.2, 0.25) is 0 Å². The normalized spacial score (nSPS) is 17.0. The maximum Gasteiger partial charge on any atom is 0.335 e. The fraction of sp³-hybridized carbons (Fsp3) is 0.417. The molecule has 1 heterocycles. The van der Waals surface area contributed by atoms with Crippen LogP contribution in [0.3, 0.4) is 0 Å². The highest BCUT2D eigenvalue weighted by Gasteiger charge is 2.13. The zero-order chi connectivity index (χ0) is 11.4. The Bertz CT molecular complexity index is 358. The zero-order valence-corrected chi connectivity index (χ0v) is 9.80. The molecule has 0 spiro atoms. The van der Waals surface area contributed by atoms with E-state index in [0.29, 0.717) is 11.6 Å². The molecule has 0 aromatic heterocycles. The van der Waals surface area contributed by atoms with Crippen LogP contribution < -0.4 is 5.32 Å². The van der Waals surface area contributed by atoms with Crippen LogP contribution in [-0.4, -0.2) is 28.6 Å². The van der Waals surface area contributed by atoms with Gasteiger partial charge < -0.3 is 10.4 Å². The summed E-state index contributed by atoms with van der Waals surface area (Å²) < 4.78 is 0. The highest BCUT2D eigenvalue weighted by molar-refractivity contribution is 7.99. The number of aromatic carboxylic acids is 1. The summed E-state index contributed by atoms with van der Waals surface area (Å²) in [6.45, 7) is 0. The molecule has 1 aromatic carbocycles. The predicted molar refractivity (Wildman–Crippen MR) is 67.4 cm³/mol. The van der Waals surface area contributed by atoms with E-state index in [4.69, 9.17) is 5.11 Å². The molecule has 0 unspecified atom stereocenters. The summed E-state index contributed by atoms with van der Waals surface area (Å²) in [6, 6.07) is 7.50. The molecule has 2 rings (SSSR count). The lowest BCUT2D eigenvalue weighted by atomic mass is 10.1. The van der Waals surface area contributed by atoms with E-state index >= 15 is 0 Å². The van der Waals surface area contributed by atoms with E-state index in [1.165, 1.54) is 24.3 Å². The van der Waals surface area contributed by atoms with E-state index < -0.39 is 5.97 Å². The van der Waals surface area contributed by atoms with Gasteiger partial charge in [0.1, 0.15) is 0 Å². The van der Waals surface area contributed by atoms with Gasteiger partial charge >= 0.3 is 5.97 Å². The average Bonchev–Trinajstić information content (AvgIpc) is 2.31. The minimum absolute atomic E-state index is 0.338. The first kappa shape index (κ1) is 11.3. The molecule has 0 atom stereocenters. The second kappa shape index (κ2) is 5.25. The van der Waals surface area contributed by atoms with Crippen LogP contribution in [0.1, 0.15) is 23.2 Å². The van der Waals surface area contributed by atoms with Crippen molar-refractivity contribution in [1.29, 1.82) is 0 Å². The van der Waals surface area contributed by atoms with E-state index in [1.807, 2.05) is 23.9 Å². The highest BCUT2D eigenvalue weighted by Crippen LogP contribution is 2.21.